The van der Waals surface area contributed by atoms with Crippen LogP contribution in [0.5, 0.6) is 0 Å². The van der Waals surface area contributed by atoms with Crippen LogP contribution in [-0.2, 0) is 5.41 Å². The molecule has 2 nitrogen and oxygen atoms in total. The summed E-state index contributed by atoms with van der Waals surface area (Å²) in [7, 11) is 0. The first-order chi connectivity index (χ1) is 25.1. The maximum absolute atomic E-state index is 6.49. The van der Waals surface area contributed by atoms with Crippen LogP contribution >= 0.6 is 0 Å². The molecule has 1 aromatic heterocycles. The minimum Gasteiger partial charge on any atom is -0.456 e. The molecule has 0 spiro atoms. The molecule has 0 radical (unpaired) electrons. The first-order valence-electron chi connectivity index (χ1n) is 18.6. The van der Waals surface area contributed by atoms with Crippen molar-refractivity contribution in [2.45, 2.75) is 57.3 Å². The molecule has 0 amide bonds. The quantitative estimate of drug-likeness (QED) is 0.183. The zero-order chi connectivity index (χ0) is 34.1. The monoisotopic (exact) mass is 659 g/mol. The van der Waals surface area contributed by atoms with Crippen LogP contribution in [0.4, 0.5) is 17.1 Å². The lowest BCUT2D eigenvalue weighted by atomic mass is 9.78. The van der Waals surface area contributed by atoms with Crippen molar-refractivity contribution in [3.63, 3.8) is 0 Å². The second-order valence-corrected chi connectivity index (χ2v) is 15.1. The summed E-state index contributed by atoms with van der Waals surface area (Å²) in [6.07, 6.45) is 6.63. The summed E-state index contributed by atoms with van der Waals surface area (Å²) < 4.78 is 6.49. The van der Waals surface area contributed by atoms with Gasteiger partial charge in [-0.1, -0.05) is 142 Å². The second kappa shape index (κ2) is 11.7. The topological polar surface area (TPSA) is 16.4 Å². The lowest BCUT2D eigenvalue weighted by molar-refractivity contribution is 0.444. The fourth-order valence-corrected chi connectivity index (χ4v) is 9.40. The van der Waals surface area contributed by atoms with Gasteiger partial charge in [0.1, 0.15) is 11.2 Å². The summed E-state index contributed by atoms with van der Waals surface area (Å²) >= 11 is 0. The van der Waals surface area contributed by atoms with Gasteiger partial charge in [0, 0.05) is 22.1 Å². The largest absolute Gasteiger partial charge is 0.456 e. The maximum Gasteiger partial charge on any atom is 0.137 e. The molecule has 2 aliphatic rings. The van der Waals surface area contributed by atoms with E-state index in [0.717, 1.165) is 39.0 Å². The van der Waals surface area contributed by atoms with Gasteiger partial charge in [-0.05, 0) is 99.3 Å². The van der Waals surface area contributed by atoms with Crippen molar-refractivity contribution < 1.29 is 4.42 Å². The van der Waals surface area contributed by atoms with E-state index in [9.17, 15) is 0 Å². The Morgan fingerprint density at radius 1 is 0.569 bits per heavy atom. The van der Waals surface area contributed by atoms with E-state index in [-0.39, 0.29) is 5.41 Å². The molecule has 0 unspecified atom stereocenters. The van der Waals surface area contributed by atoms with Crippen LogP contribution in [0, 0.1) is 0 Å². The van der Waals surface area contributed by atoms with Crippen molar-refractivity contribution in [1.82, 2.24) is 0 Å². The fourth-order valence-electron chi connectivity index (χ4n) is 9.40. The lowest BCUT2D eigenvalue weighted by Gasteiger charge is -2.31. The number of anilines is 3. The molecule has 2 heteroatoms. The van der Waals surface area contributed by atoms with Gasteiger partial charge in [0.05, 0.1) is 16.8 Å². The Kier molecular flexibility index (Phi) is 6.96. The first kappa shape index (κ1) is 30.2. The van der Waals surface area contributed by atoms with Gasteiger partial charge in [0.15, 0.2) is 0 Å². The average molecular weight is 660 g/mol. The van der Waals surface area contributed by atoms with Gasteiger partial charge in [0.2, 0.25) is 0 Å². The number of benzene rings is 7. The summed E-state index contributed by atoms with van der Waals surface area (Å²) in [5.41, 5.74) is 14.8. The van der Waals surface area contributed by atoms with Crippen LogP contribution in [0.15, 0.2) is 150 Å². The highest BCUT2D eigenvalue weighted by molar-refractivity contribution is 6.15. The zero-order valence-corrected chi connectivity index (χ0v) is 29.3. The second-order valence-electron chi connectivity index (χ2n) is 15.1. The fraction of sp³-hybridized carbons (Fsp3) is 0.184. The van der Waals surface area contributed by atoms with Crippen molar-refractivity contribution >= 4 is 49.8 Å². The molecule has 0 saturated heterocycles. The Morgan fingerprint density at radius 2 is 1.31 bits per heavy atom. The summed E-state index contributed by atoms with van der Waals surface area (Å²) in [5.74, 6) is 0.643. The minimum atomic E-state index is -0.128. The molecule has 7 aromatic carbocycles. The highest BCUT2D eigenvalue weighted by atomic mass is 16.3. The number of rotatable bonds is 5. The lowest BCUT2D eigenvalue weighted by Crippen LogP contribution is -2.17. The van der Waals surface area contributed by atoms with Crippen LogP contribution in [0.25, 0.3) is 55.0 Å². The first-order valence-corrected chi connectivity index (χ1v) is 18.6. The smallest absolute Gasteiger partial charge is 0.137 e. The van der Waals surface area contributed by atoms with Crippen LogP contribution in [0.2, 0.25) is 0 Å². The Balaban J connectivity index is 1.26. The van der Waals surface area contributed by atoms with Crippen LogP contribution in [0.3, 0.4) is 0 Å². The summed E-state index contributed by atoms with van der Waals surface area (Å²) in [6, 6.07) is 53.6. The molecule has 1 heterocycles. The van der Waals surface area contributed by atoms with Crippen molar-refractivity contribution in [2.75, 3.05) is 4.90 Å². The van der Waals surface area contributed by atoms with Crippen molar-refractivity contribution in [3.05, 3.63) is 162 Å². The Bertz CT molecular complexity index is 2600. The number of nitrogens with zero attached hydrogens (tertiary/aromatic N) is 1. The third-order valence-electron chi connectivity index (χ3n) is 11.9. The Morgan fingerprint density at radius 3 is 2.18 bits per heavy atom. The number of hydrogen-bond acceptors (Lipinski definition) is 2. The van der Waals surface area contributed by atoms with Gasteiger partial charge < -0.3 is 9.32 Å². The van der Waals surface area contributed by atoms with E-state index < -0.39 is 0 Å². The van der Waals surface area contributed by atoms with E-state index in [1.165, 1.54) is 76.3 Å². The number of para-hydroxylation sites is 1. The highest BCUT2D eigenvalue weighted by Crippen LogP contribution is 2.55. The molecular formula is C49H41NO. The predicted molar refractivity (Wildman–Crippen MR) is 215 cm³/mol. The number of furan rings is 1. The standard InChI is InChI=1S/C49H41NO/c1-49(2)40-23-13-22-37(32-15-5-3-6-16-32)47(40)38-29-28-35(31-41(38)49)50(42-24-14-26-45-48(42)39-21-11-12-25-44(39)51-45)43-30-27-33-17-9-10-20-36(33)46(43)34-18-7-4-8-19-34/h4,7-14,17-32H,3,5-6,15-16H2,1-2H3. The molecule has 0 bridgehead atoms. The van der Waals surface area contributed by atoms with Gasteiger partial charge in [-0.25, -0.2) is 0 Å². The molecule has 2 aliphatic carbocycles. The van der Waals surface area contributed by atoms with E-state index in [1.807, 2.05) is 0 Å². The third-order valence-corrected chi connectivity index (χ3v) is 11.9. The number of fused-ring (bicyclic) bond motifs is 7. The normalized spacial score (nSPS) is 15.3. The molecule has 248 valence electrons. The molecule has 1 fully saturated rings. The predicted octanol–water partition coefficient (Wildman–Crippen LogP) is 14.2. The molecule has 51 heavy (non-hydrogen) atoms. The summed E-state index contributed by atoms with van der Waals surface area (Å²) in [5, 5.41) is 4.72. The van der Waals surface area contributed by atoms with E-state index >= 15 is 0 Å². The van der Waals surface area contributed by atoms with Gasteiger partial charge in [-0.3, -0.25) is 0 Å². The molecule has 8 aromatic rings. The van der Waals surface area contributed by atoms with Gasteiger partial charge in [-0.15, -0.1) is 0 Å². The van der Waals surface area contributed by atoms with Crippen LogP contribution in [0.1, 0.15) is 68.6 Å². The number of hydrogen-bond donors (Lipinski definition) is 0. The Hall–Kier alpha value is -5.60. The van der Waals surface area contributed by atoms with Gasteiger partial charge in [0.25, 0.3) is 0 Å². The van der Waals surface area contributed by atoms with Crippen LogP contribution < -0.4 is 4.90 Å². The molecule has 0 aliphatic heterocycles. The molecular weight excluding hydrogens is 619 g/mol. The molecule has 1 saturated carbocycles. The Labute approximate surface area is 300 Å². The molecule has 10 rings (SSSR count). The molecule has 0 atom stereocenters. The van der Waals surface area contributed by atoms with E-state index in [2.05, 4.69) is 164 Å². The van der Waals surface area contributed by atoms with Crippen molar-refractivity contribution in [2.24, 2.45) is 0 Å². The van der Waals surface area contributed by atoms with Gasteiger partial charge in [-0.2, -0.15) is 0 Å². The molecule has 0 N–H and O–H groups in total. The van der Waals surface area contributed by atoms with E-state index in [0.29, 0.717) is 5.92 Å². The third kappa shape index (κ3) is 4.69. The van der Waals surface area contributed by atoms with E-state index in [1.54, 1.807) is 5.56 Å². The summed E-state index contributed by atoms with van der Waals surface area (Å²) in [4.78, 5) is 2.50. The zero-order valence-electron chi connectivity index (χ0n) is 29.3. The van der Waals surface area contributed by atoms with Crippen molar-refractivity contribution in [3.8, 4) is 22.3 Å². The summed E-state index contributed by atoms with van der Waals surface area (Å²) in [6.45, 7) is 4.85. The average Bonchev–Trinajstić information content (AvgIpc) is 3.68. The van der Waals surface area contributed by atoms with Crippen molar-refractivity contribution in [1.29, 1.82) is 0 Å². The maximum atomic E-state index is 6.49. The van der Waals surface area contributed by atoms with Gasteiger partial charge >= 0.3 is 0 Å². The van der Waals surface area contributed by atoms with E-state index in [4.69, 9.17) is 4.42 Å². The SMILES string of the molecule is CC1(C)c2cc(N(c3ccc4ccccc4c3-c3ccccc3)c3cccc4oc5ccccc5c34)ccc2-c2c(C3CCCCC3)cccc21. The highest BCUT2D eigenvalue weighted by Gasteiger charge is 2.38. The van der Waals surface area contributed by atoms with Crippen LogP contribution in [-0.4, -0.2) is 0 Å². The minimum absolute atomic E-state index is 0.128.